The fraction of sp³-hybridized carbons (Fsp3) is 0.174. The molecule has 1 amide bonds. The molecule has 0 aliphatic carbocycles. The van der Waals surface area contributed by atoms with E-state index in [9.17, 15) is 13.2 Å². The van der Waals surface area contributed by atoms with Gasteiger partial charge in [-0.25, -0.2) is 8.42 Å². The van der Waals surface area contributed by atoms with Crippen LogP contribution in [0.3, 0.4) is 0 Å². The Kier molecular flexibility index (Phi) is 5.11. The second kappa shape index (κ2) is 7.72. The van der Waals surface area contributed by atoms with Crippen LogP contribution in [0.25, 0.3) is 0 Å². The van der Waals surface area contributed by atoms with Gasteiger partial charge in [-0.3, -0.25) is 9.10 Å². The Morgan fingerprint density at radius 1 is 0.966 bits per heavy atom. The number of anilines is 2. The minimum Gasteiger partial charge on any atom is -0.310 e. The number of nitrogens with zero attached hydrogens (tertiary/aromatic N) is 2. The molecule has 0 atom stereocenters. The quantitative estimate of drug-likeness (QED) is 0.648. The molecular weight excluding hydrogens is 384 g/mol. The normalized spacial score (nSPS) is 13.2. The highest BCUT2D eigenvalue weighted by molar-refractivity contribution is 7.92. The predicted octanol–water partition coefficient (Wildman–Crippen LogP) is 3.78. The van der Waals surface area contributed by atoms with Gasteiger partial charge in [0, 0.05) is 12.2 Å². The number of carbonyl (C=O) groups is 1. The van der Waals surface area contributed by atoms with Crippen LogP contribution in [0, 0.1) is 6.92 Å². The molecule has 0 spiro atoms. The van der Waals surface area contributed by atoms with Crippen molar-refractivity contribution in [3.8, 4) is 0 Å². The third kappa shape index (κ3) is 3.76. The van der Waals surface area contributed by atoms with E-state index in [0.29, 0.717) is 12.2 Å². The molecule has 3 aromatic rings. The first kappa shape index (κ1) is 19.2. The maximum atomic E-state index is 13.4. The molecule has 0 N–H and O–H groups in total. The molecule has 1 heterocycles. The van der Waals surface area contributed by atoms with Crippen molar-refractivity contribution in [1.29, 1.82) is 0 Å². The van der Waals surface area contributed by atoms with Gasteiger partial charge in [-0.05, 0) is 54.8 Å². The van der Waals surface area contributed by atoms with Crippen LogP contribution in [0.5, 0.6) is 0 Å². The summed E-state index contributed by atoms with van der Waals surface area (Å²) in [7, 11) is -3.89. The molecule has 6 heteroatoms. The van der Waals surface area contributed by atoms with Crippen molar-refractivity contribution >= 4 is 27.3 Å². The maximum Gasteiger partial charge on any atom is 0.264 e. The Hall–Kier alpha value is -3.12. The van der Waals surface area contributed by atoms with Crippen LogP contribution < -0.4 is 9.21 Å². The van der Waals surface area contributed by atoms with Crippen LogP contribution in [0.15, 0.2) is 83.8 Å². The number of fused-ring (bicyclic) bond motifs is 1. The van der Waals surface area contributed by atoms with E-state index in [1.807, 2.05) is 37.3 Å². The number of benzene rings is 3. The first-order valence-electron chi connectivity index (χ1n) is 9.49. The van der Waals surface area contributed by atoms with Gasteiger partial charge in [0.15, 0.2) is 0 Å². The summed E-state index contributed by atoms with van der Waals surface area (Å²) in [6, 6.07) is 23.2. The Labute approximate surface area is 171 Å². The molecule has 0 aromatic heterocycles. The minimum absolute atomic E-state index is 0.163. The van der Waals surface area contributed by atoms with Gasteiger partial charge in [-0.1, -0.05) is 48.5 Å². The number of sulfonamides is 1. The average Bonchev–Trinajstić information content (AvgIpc) is 3.16. The second-order valence-electron chi connectivity index (χ2n) is 7.09. The summed E-state index contributed by atoms with van der Waals surface area (Å²) in [6.45, 7) is 2.20. The number of hydrogen-bond acceptors (Lipinski definition) is 3. The van der Waals surface area contributed by atoms with Crippen LogP contribution in [-0.2, 0) is 21.2 Å². The van der Waals surface area contributed by atoms with Crippen molar-refractivity contribution in [1.82, 2.24) is 0 Å². The highest BCUT2D eigenvalue weighted by Gasteiger charge is 2.31. The molecule has 0 unspecified atom stereocenters. The summed E-state index contributed by atoms with van der Waals surface area (Å²) in [5.41, 5.74) is 3.37. The number of aryl methyl sites for hydroxylation is 1. The number of hydrogen-bond donors (Lipinski definition) is 0. The van der Waals surface area contributed by atoms with Crippen molar-refractivity contribution in [3.63, 3.8) is 0 Å². The zero-order chi connectivity index (χ0) is 20.4. The predicted molar refractivity (Wildman–Crippen MR) is 115 cm³/mol. The second-order valence-corrected chi connectivity index (χ2v) is 8.95. The molecule has 0 fully saturated rings. The molecule has 3 aromatic carbocycles. The monoisotopic (exact) mass is 406 g/mol. The molecule has 5 nitrogen and oxygen atoms in total. The number of amides is 1. The summed E-state index contributed by atoms with van der Waals surface area (Å²) in [6.07, 6.45) is 0.776. The van der Waals surface area contributed by atoms with E-state index in [1.54, 1.807) is 53.4 Å². The van der Waals surface area contributed by atoms with Gasteiger partial charge in [0.2, 0.25) is 5.91 Å². The van der Waals surface area contributed by atoms with Crippen molar-refractivity contribution in [2.75, 3.05) is 22.3 Å². The van der Waals surface area contributed by atoms with E-state index in [2.05, 4.69) is 0 Å². The molecule has 0 radical (unpaired) electrons. The molecule has 0 bridgehead atoms. The smallest absolute Gasteiger partial charge is 0.264 e. The largest absolute Gasteiger partial charge is 0.310 e. The summed E-state index contributed by atoms with van der Waals surface area (Å²) in [4.78, 5) is 15.0. The first-order chi connectivity index (χ1) is 14.0. The lowest BCUT2D eigenvalue weighted by Gasteiger charge is -2.27. The Bertz CT molecular complexity index is 1140. The van der Waals surface area contributed by atoms with E-state index in [0.717, 1.165) is 23.2 Å². The first-order valence-corrected chi connectivity index (χ1v) is 10.9. The average molecular weight is 407 g/mol. The fourth-order valence-corrected chi connectivity index (χ4v) is 5.05. The van der Waals surface area contributed by atoms with Crippen LogP contribution in [0.1, 0.15) is 11.1 Å². The van der Waals surface area contributed by atoms with Gasteiger partial charge in [0.05, 0.1) is 10.6 Å². The SMILES string of the molecule is Cc1cccc(N(CC(=O)N2CCc3ccccc32)S(=O)(=O)c2ccccc2)c1. The zero-order valence-electron chi connectivity index (χ0n) is 16.2. The van der Waals surface area contributed by atoms with Gasteiger partial charge in [0.1, 0.15) is 6.54 Å². The fourth-order valence-electron chi connectivity index (χ4n) is 3.62. The van der Waals surface area contributed by atoms with Gasteiger partial charge in [0.25, 0.3) is 10.0 Å². The van der Waals surface area contributed by atoms with Crippen LogP contribution in [0.4, 0.5) is 11.4 Å². The summed E-state index contributed by atoms with van der Waals surface area (Å²) >= 11 is 0. The van der Waals surface area contributed by atoms with E-state index in [4.69, 9.17) is 0 Å². The van der Waals surface area contributed by atoms with Crippen molar-refractivity contribution in [2.24, 2.45) is 0 Å². The third-order valence-corrected chi connectivity index (χ3v) is 6.88. The topological polar surface area (TPSA) is 57.7 Å². The molecular formula is C23H22N2O3S. The van der Waals surface area contributed by atoms with Gasteiger partial charge < -0.3 is 4.90 Å². The standard InChI is InChI=1S/C23H22N2O3S/c1-18-8-7-10-20(16-18)25(29(27,28)21-11-3-2-4-12-21)17-23(26)24-15-14-19-9-5-6-13-22(19)24/h2-13,16H,14-15,17H2,1H3. The Morgan fingerprint density at radius 2 is 1.69 bits per heavy atom. The lowest BCUT2D eigenvalue weighted by Crippen LogP contribution is -2.42. The van der Waals surface area contributed by atoms with Gasteiger partial charge in [-0.2, -0.15) is 0 Å². The minimum atomic E-state index is -3.89. The Morgan fingerprint density at radius 3 is 2.45 bits per heavy atom. The van der Waals surface area contributed by atoms with Crippen LogP contribution in [0.2, 0.25) is 0 Å². The van der Waals surface area contributed by atoms with E-state index >= 15 is 0 Å². The highest BCUT2D eigenvalue weighted by atomic mass is 32.2. The van der Waals surface area contributed by atoms with Crippen molar-refractivity contribution in [3.05, 3.63) is 90.0 Å². The van der Waals surface area contributed by atoms with Crippen molar-refractivity contribution in [2.45, 2.75) is 18.2 Å². The molecule has 0 saturated heterocycles. The summed E-state index contributed by atoms with van der Waals surface area (Å²) < 4.78 is 28.0. The van der Waals surface area contributed by atoms with Crippen molar-refractivity contribution < 1.29 is 13.2 Å². The van der Waals surface area contributed by atoms with E-state index in [1.165, 1.54) is 4.31 Å². The number of rotatable bonds is 5. The molecule has 0 saturated carbocycles. The van der Waals surface area contributed by atoms with Gasteiger partial charge in [-0.15, -0.1) is 0 Å². The summed E-state index contributed by atoms with van der Waals surface area (Å²) in [5.74, 6) is -0.240. The third-order valence-electron chi connectivity index (χ3n) is 5.09. The van der Waals surface area contributed by atoms with Gasteiger partial charge >= 0.3 is 0 Å². The summed E-state index contributed by atoms with van der Waals surface area (Å²) in [5, 5.41) is 0. The zero-order valence-corrected chi connectivity index (χ0v) is 17.0. The molecule has 148 valence electrons. The van der Waals surface area contributed by atoms with E-state index in [-0.39, 0.29) is 17.3 Å². The number of para-hydroxylation sites is 1. The molecule has 1 aliphatic rings. The van der Waals surface area contributed by atoms with Crippen LogP contribution in [-0.4, -0.2) is 27.4 Å². The molecule has 29 heavy (non-hydrogen) atoms. The van der Waals surface area contributed by atoms with E-state index < -0.39 is 10.0 Å². The maximum absolute atomic E-state index is 13.4. The highest BCUT2D eigenvalue weighted by Crippen LogP contribution is 2.29. The number of carbonyl (C=O) groups excluding carboxylic acids is 1. The molecule has 4 rings (SSSR count). The van der Waals surface area contributed by atoms with Crippen LogP contribution >= 0.6 is 0 Å². The lowest BCUT2D eigenvalue weighted by molar-refractivity contribution is -0.117. The lowest BCUT2D eigenvalue weighted by atomic mass is 10.2. The Balaban J connectivity index is 1.71. The molecule has 1 aliphatic heterocycles.